The van der Waals surface area contributed by atoms with E-state index in [-0.39, 0.29) is 25.9 Å². The number of ketones is 1. The van der Waals surface area contributed by atoms with Crippen LogP contribution in [-0.2, 0) is 4.79 Å². The number of hydrogen-bond acceptors (Lipinski definition) is 1. The molecule has 1 fully saturated rings. The van der Waals surface area contributed by atoms with Gasteiger partial charge in [0.25, 0.3) is 0 Å². The first-order chi connectivity index (χ1) is 3.39. The van der Waals surface area contributed by atoms with Crippen molar-refractivity contribution < 1.29 is 7.65 Å². The third-order valence-electron chi connectivity index (χ3n) is 1.41. The largest absolute Gasteiger partial charge is 2.00 e. The van der Waals surface area contributed by atoms with E-state index in [2.05, 4.69) is 0 Å². The molecule has 0 N–H and O–H groups in total. The Kier molecular flexibility index (Phi) is 4.56. The van der Waals surface area contributed by atoms with Crippen LogP contribution in [-0.4, -0.2) is 28.8 Å². The van der Waals surface area contributed by atoms with Crippen molar-refractivity contribution in [1.82, 2.24) is 0 Å². The van der Waals surface area contributed by atoms with Gasteiger partial charge in [-0.2, -0.15) is 0 Å². The van der Waals surface area contributed by atoms with E-state index in [1.165, 1.54) is 6.42 Å². The van der Waals surface area contributed by atoms with E-state index in [9.17, 15) is 4.79 Å². The van der Waals surface area contributed by atoms with Crippen LogP contribution in [0.5, 0.6) is 0 Å². The Morgan fingerprint density at radius 2 is 1.62 bits per heavy atom. The molecule has 0 amide bonds. The Morgan fingerprint density at radius 3 is 1.88 bits per heavy atom. The normalized spacial score (nSPS) is 19.8. The number of carbonyl (C=O) groups excluding carboxylic acids is 1. The van der Waals surface area contributed by atoms with E-state index < -0.39 is 0 Å². The average Bonchev–Trinajstić information content (AvgIpc) is 1.69. The fourth-order valence-electron chi connectivity index (χ4n) is 0.946. The quantitative estimate of drug-likeness (QED) is 0.446. The van der Waals surface area contributed by atoms with Gasteiger partial charge in [0.15, 0.2) is 0 Å². The summed E-state index contributed by atoms with van der Waals surface area (Å²) in [7, 11) is 0. The summed E-state index contributed by atoms with van der Waals surface area (Å²) in [6.45, 7) is 0. The van der Waals surface area contributed by atoms with Crippen molar-refractivity contribution in [2.45, 2.75) is 32.1 Å². The Morgan fingerprint density at radius 1 is 1.12 bits per heavy atom. The van der Waals surface area contributed by atoms with E-state index in [4.69, 9.17) is 0 Å². The minimum absolute atomic E-state index is 0. The molecular formula is C6H12MgO. The van der Waals surface area contributed by atoms with Crippen molar-refractivity contribution in [2.75, 3.05) is 0 Å². The van der Waals surface area contributed by atoms with Gasteiger partial charge in [-0.1, -0.05) is 6.42 Å². The molecule has 0 aromatic rings. The van der Waals surface area contributed by atoms with Gasteiger partial charge in [-0.05, 0) is 12.8 Å². The third kappa shape index (κ3) is 2.67. The monoisotopic (exact) mass is 124 g/mol. The van der Waals surface area contributed by atoms with Gasteiger partial charge in [-0.25, -0.2) is 0 Å². The van der Waals surface area contributed by atoms with E-state index in [0.29, 0.717) is 5.78 Å². The number of carbonyl (C=O) groups is 1. The first-order valence-corrected chi connectivity index (χ1v) is 2.91. The van der Waals surface area contributed by atoms with Gasteiger partial charge in [-0.15, -0.1) is 0 Å². The van der Waals surface area contributed by atoms with Crippen LogP contribution in [0.4, 0.5) is 0 Å². The number of hydrogen-bond donors (Lipinski definition) is 0. The molecule has 1 nitrogen and oxygen atoms in total. The van der Waals surface area contributed by atoms with Gasteiger partial charge >= 0.3 is 23.1 Å². The van der Waals surface area contributed by atoms with Crippen LogP contribution in [0, 0.1) is 0 Å². The summed E-state index contributed by atoms with van der Waals surface area (Å²) in [6.07, 6.45) is 5.24. The van der Waals surface area contributed by atoms with E-state index in [1.807, 2.05) is 0 Å². The van der Waals surface area contributed by atoms with Gasteiger partial charge in [-0.3, -0.25) is 4.79 Å². The van der Waals surface area contributed by atoms with Gasteiger partial charge in [0, 0.05) is 12.8 Å². The SMILES string of the molecule is O=C1CCCCC1.[H-].[H-].[Mg+2]. The fraction of sp³-hybridized carbons (Fsp3) is 0.833. The van der Waals surface area contributed by atoms with Gasteiger partial charge in [0.2, 0.25) is 0 Å². The molecule has 1 rings (SSSR count). The second-order valence-corrected chi connectivity index (χ2v) is 2.10. The Bertz CT molecular complexity index is 79.8. The summed E-state index contributed by atoms with van der Waals surface area (Å²) >= 11 is 0. The van der Waals surface area contributed by atoms with Crippen LogP contribution in [0.2, 0.25) is 0 Å². The molecule has 0 aromatic heterocycles. The molecule has 0 unspecified atom stereocenters. The molecule has 8 heavy (non-hydrogen) atoms. The van der Waals surface area contributed by atoms with Crippen LogP contribution in [0.1, 0.15) is 35.0 Å². The molecule has 2 heteroatoms. The molecule has 44 valence electrons. The maximum absolute atomic E-state index is 10.5. The molecule has 0 aromatic carbocycles. The fourth-order valence-corrected chi connectivity index (χ4v) is 0.946. The summed E-state index contributed by atoms with van der Waals surface area (Å²) in [5, 5.41) is 0. The second kappa shape index (κ2) is 4.33. The zero-order valence-electron chi connectivity index (χ0n) is 7.15. The zero-order chi connectivity index (χ0) is 5.11. The topological polar surface area (TPSA) is 17.1 Å². The standard InChI is InChI=1S/C6H10O.Mg.2H/c7-6-4-2-1-3-5-6;;;/h1-5H2;;;/q;+2;2*-1. The van der Waals surface area contributed by atoms with E-state index in [1.54, 1.807) is 0 Å². The van der Waals surface area contributed by atoms with Crippen molar-refractivity contribution in [3.05, 3.63) is 0 Å². The van der Waals surface area contributed by atoms with Crippen molar-refractivity contribution in [3.8, 4) is 0 Å². The Hall–Kier alpha value is 0.436. The predicted octanol–water partition coefficient (Wildman–Crippen LogP) is 1.36. The molecule has 0 atom stereocenters. The molecule has 0 bridgehead atoms. The summed E-state index contributed by atoms with van der Waals surface area (Å²) in [4.78, 5) is 10.5. The average molecular weight is 124 g/mol. The van der Waals surface area contributed by atoms with Crippen LogP contribution >= 0.6 is 0 Å². The molecule has 0 saturated heterocycles. The molecule has 0 radical (unpaired) electrons. The summed E-state index contributed by atoms with van der Waals surface area (Å²) in [5.41, 5.74) is 0. The smallest absolute Gasteiger partial charge is 1.00 e. The van der Waals surface area contributed by atoms with E-state index >= 15 is 0 Å². The predicted molar refractivity (Wildman–Crippen MR) is 36.1 cm³/mol. The first-order valence-electron chi connectivity index (χ1n) is 2.91. The van der Waals surface area contributed by atoms with Crippen molar-refractivity contribution in [3.63, 3.8) is 0 Å². The number of rotatable bonds is 0. The Labute approximate surface area is 69.0 Å². The summed E-state index contributed by atoms with van der Waals surface area (Å²) in [6, 6.07) is 0. The molecule has 0 spiro atoms. The molecule has 1 aliphatic rings. The second-order valence-electron chi connectivity index (χ2n) is 2.10. The molecular weight excluding hydrogens is 112 g/mol. The summed E-state index contributed by atoms with van der Waals surface area (Å²) < 4.78 is 0. The van der Waals surface area contributed by atoms with Crippen molar-refractivity contribution in [2.24, 2.45) is 0 Å². The molecule has 1 aliphatic carbocycles. The van der Waals surface area contributed by atoms with Gasteiger partial charge in [0.1, 0.15) is 5.78 Å². The zero-order valence-corrected chi connectivity index (χ0v) is 6.57. The minimum Gasteiger partial charge on any atom is -1.00 e. The van der Waals surface area contributed by atoms with Crippen LogP contribution in [0.15, 0.2) is 0 Å². The maximum atomic E-state index is 10.5. The molecule has 0 heterocycles. The summed E-state index contributed by atoms with van der Waals surface area (Å²) in [5.74, 6) is 0.464. The van der Waals surface area contributed by atoms with Gasteiger partial charge < -0.3 is 2.85 Å². The van der Waals surface area contributed by atoms with Crippen molar-refractivity contribution in [1.29, 1.82) is 0 Å². The molecule has 1 saturated carbocycles. The minimum atomic E-state index is 0. The Balaban J connectivity index is -0.000000163. The van der Waals surface area contributed by atoms with Crippen LogP contribution < -0.4 is 0 Å². The van der Waals surface area contributed by atoms with Crippen molar-refractivity contribution >= 4 is 28.8 Å². The third-order valence-corrected chi connectivity index (χ3v) is 1.41. The maximum Gasteiger partial charge on any atom is 2.00 e. The van der Waals surface area contributed by atoms with Crippen LogP contribution in [0.25, 0.3) is 0 Å². The van der Waals surface area contributed by atoms with Gasteiger partial charge in [0.05, 0.1) is 0 Å². The number of Topliss-reactive ketones (excluding diaryl/α,β-unsaturated/α-hetero) is 1. The van der Waals surface area contributed by atoms with E-state index in [0.717, 1.165) is 25.7 Å². The van der Waals surface area contributed by atoms with Crippen LogP contribution in [0.3, 0.4) is 0 Å². The first kappa shape index (κ1) is 8.44. The molecule has 0 aliphatic heterocycles.